The summed E-state index contributed by atoms with van der Waals surface area (Å²) in [6.07, 6.45) is 2.69. The van der Waals surface area contributed by atoms with Crippen molar-refractivity contribution in [3.8, 4) is 0 Å². The second kappa shape index (κ2) is 6.30. The zero-order chi connectivity index (χ0) is 8.69. The van der Waals surface area contributed by atoms with Crippen LogP contribution in [0.1, 0.15) is 0 Å². The Morgan fingerprint density at radius 2 is 2.55 bits per heavy atom. The predicted octanol–water partition coefficient (Wildman–Crippen LogP) is 1.25. The Labute approximate surface area is 74.1 Å². The highest BCUT2D eigenvalue weighted by molar-refractivity contribution is 8.02. The molecule has 0 rings (SSSR count). The van der Waals surface area contributed by atoms with Gasteiger partial charge in [0.15, 0.2) is 0 Å². The van der Waals surface area contributed by atoms with Crippen LogP contribution in [0.25, 0.3) is 0 Å². The normalized spacial score (nSPS) is 11.3. The maximum absolute atomic E-state index is 9.97. The van der Waals surface area contributed by atoms with Crippen LogP contribution in [0.3, 0.4) is 0 Å². The van der Waals surface area contributed by atoms with Gasteiger partial charge in [-0.25, -0.2) is 0 Å². The number of hydrogen-bond donors (Lipinski definition) is 1. The molecule has 0 saturated heterocycles. The Hall–Kier alpha value is -0.420. The third-order valence-electron chi connectivity index (χ3n) is 0.836. The summed E-state index contributed by atoms with van der Waals surface area (Å²) in [5, 5.41) is 13.3. The molecule has 0 heterocycles. The molecule has 0 saturated carbocycles. The van der Waals surface area contributed by atoms with Gasteiger partial charge in [0, 0.05) is 12.4 Å². The molecule has 4 nitrogen and oxygen atoms in total. The molecule has 0 bridgehead atoms. The average Bonchev–Trinajstić information content (AvgIpc) is 1.97. The van der Waals surface area contributed by atoms with Gasteiger partial charge in [0.05, 0.1) is 4.92 Å². The molecule has 0 aliphatic heterocycles. The minimum Gasteiger partial charge on any atom is -0.374 e. The van der Waals surface area contributed by atoms with E-state index in [1.54, 1.807) is 6.26 Å². The average molecular weight is 197 g/mol. The highest BCUT2D eigenvalue weighted by Gasteiger charge is 1.98. The molecule has 0 aromatic carbocycles. The van der Waals surface area contributed by atoms with Gasteiger partial charge >= 0.3 is 0 Å². The van der Waals surface area contributed by atoms with Crippen LogP contribution in [-0.2, 0) is 0 Å². The van der Waals surface area contributed by atoms with Crippen molar-refractivity contribution in [2.24, 2.45) is 0 Å². The molecular formula is C5H9ClN2O2S. The molecule has 0 radical (unpaired) electrons. The number of nitrogens with zero attached hydrogens (tertiary/aromatic N) is 1. The smallest absolute Gasteiger partial charge is 0.263 e. The maximum atomic E-state index is 9.97. The van der Waals surface area contributed by atoms with Gasteiger partial charge in [-0.05, 0) is 6.26 Å². The lowest BCUT2D eigenvalue weighted by atomic mass is 10.7. The second-order valence-corrected chi connectivity index (χ2v) is 2.82. The van der Waals surface area contributed by atoms with Crippen LogP contribution in [0.2, 0.25) is 0 Å². The Kier molecular flexibility index (Phi) is 6.06. The van der Waals surface area contributed by atoms with Gasteiger partial charge in [-0.15, -0.1) is 23.4 Å². The van der Waals surface area contributed by atoms with Crippen LogP contribution in [0, 0.1) is 10.1 Å². The SMILES string of the molecule is CSC(=C[N+](=O)[O-])NCCCl. The monoisotopic (exact) mass is 196 g/mol. The topological polar surface area (TPSA) is 55.2 Å². The lowest BCUT2D eigenvalue weighted by Gasteiger charge is -2.01. The summed E-state index contributed by atoms with van der Waals surface area (Å²) in [5.41, 5.74) is 0. The van der Waals surface area contributed by atoms with Crippen molar-refractivity contribution < 1.29 is 4.92 Å². The van der Waals surface area contributed by atoms with E-state index in [1.807, 2.05) is 0 Å². The maximum Gasteiger partial charge on any atom is 0.263 e. The van der Waals surface area contributed by atoms with Crippen molar-refractivity contribution in [2.75, 3.05) is 18.7 Å². The Balaban J connectivity index is 3.84. The van der Waals surface area contributed by atoms with E-state index < -0.39 is 4.92 Å². The largest absolute Gasteiger partial charge is 0.374 e. The fraction of sp³-hybridized carbons (Fsp3) is 0.600. The number of nitro groups is 1. The van der Waals surface area contributed by atoms with Crippen LogP contribution in [0.5, 0.6) is 0 Å². The van der Waals surface area contributed by atoms with Crippen molar-refractivity contribution in [1.82, 2.24) is 5.32 Å². The van der Waals surface area contributed by atoms with Crippen LogP contribution in [0.15, 0.2) is 11.2 Å². The molecule has 1 N–H and O–H groups in total. The Morgan fingerprint density at radius 1 is 1.91 bits per heavy atom. The number of thioether (sulfide) groups is 1. The van der Waals surface area contributed by atoms with Crippen molar-refractivity contribution in [1.29, 1.82) is 0 Å². The summed E-state index contributed by atoms with van der Waals surface area (Å²) < 4.78 is 0. The molecule has 64 valence electrons. The summed E-state index contributed by atoms with van der Waals surface area (Å²) >= 11 is 6.66. The highest BCUT2D eigenvalue weighted by atomic mass is 35.5. The van der Waals surface area contributed by atoms with Crippen LogP contribution >= 0.6 is 23.4 Å². The summed E-state index contributed by atoms with van der Waals surface area (Å²) in [5.74, 6) is 0.440. The molecule has 0 aliphatic carbocycles. The summed E-state index contributed by atoms with van der Waals surface area (Å²) in [4.78, 5) is 9.48. The first-order valence-electron chi connectivity index (χ1n) is 2.90. The van der Waals surface area contributed by atoms with E-state index in [-0.39, 0.29) is 0 Å². The zero-order valence-corrected chi connectivity index (χ0v) is 7.61. The van der Waals surface area contributed by atoms with Gasteiger partial charge in [-0.3, -0.25) is 10.1 Å². The van der Waals surface area contributed by atoms with E-state index in [0.29, 0.717) is 17.5 Å². The van der Waals surface area contributed by atoms with Crippen LogP contribution in [0.4, 0.5) is 0 Å². The Bertz CT molecular complexity index is 163. The molecule has 11 heavy (non-hydrogen) atoms. The van der Waals surface area contributed by atoms with Gasteiger partial charge in [0.1, 0.15) is 5.03 Å². The molecule has 0 atom stereocenters. The van der Waals surface area contributed by atoms with Gasteiger partial charge in [-0.2, -0.15) is 0 Å². The predicted molar refractivity (Wildman–Crippen MR) is 47.3 cm³/mol. The molecule has 6 heteroatoms. The van der Waals surface area contributed by atoms with Gasteiger partial charge in [0.25, 0.3) is 6.20 Å². The van der Waals surface area contributed by atoms with Crippen molar-refractivity contribution >= 4 is 23.4 Å². The zero-order valence-electron chi connectivity index (χ0n) is 6.04. The van der Waals surface area contributed by atoms with E-state index in [2.05, 4.69) is 5.32 Å². The molecule has 0 aromatic rings. The Morgan fingerprint density at radius 3 is 2.91 bits per heavy atom. The highest BCUT2D eigenvalue weighted by Crippen LogP contribution is 2.06. The van der Waals surface area contributed by atoms with Crippen LogP contribution < -0.4 is 5.32 Å². The summed E-state index contributed by atoms with van der Waals surface area (Å²) in [7, 11) is 0. The summed E-state index contributed by atoms with van der Waals surface area (Å²) in [6.45, 7) is 0.544. The van der Waals surface area contributed by atoms with E-state index in [4.69, 9.17) is 11.6 Å². The van der Waals surface area contributed by atoms with Crippen molar-refractivity contribution in [3.05, 3.63) is 21.3 Å². The van der Waals surface area contributed by atoms with E-state index in [9.17, 15) is 10.1 Å². The molecule has 0 fully saturated rings. The lowest BCUT2D eigenvalue weighted by molar-refractivity contribution is -0.403. The third-order valence-corrected chi connectivity index (χ3v) is 1.71. The number of rotatable bonds is 5. The van der Waals surface area contributed by atoms with Crippen molar-refractivity contribution in [2.45, 2.75) is 0 Å². The molecule has 0 aliphatic rings. The fourth-order valence-corrected chi connectivity index (χ4v) is 0.969. The van der Waals surface area contributed by atoms with E-state index in [1.165, 1.54) is 11.8 Å². The van der Waals surface area contributed by atoms with E-state index >= 15 is 0 Å². The second-order valence-electron chi connectivity index (χ2n) is 1.60. The van der Waals surface area contributed by atoms with Crippen molar-refractivity contribution in [3.63, 3.8) is 0 Å². The minimum absolute atomic E-state index is 0.440. The molecule has 0 aromatic heterocycles. The van der Waals surface area contributed by atoms with Gasteiger partial charge < -0.3 is 5.32 Å². The van der Waals surface area contributed by atoms with Crippen LogP contribution in [-0.4, -0.2) is 23.6 Å². The molecule has 0 unspecified atom stereocenters. The first kappa shape index (κ1) is 10.6. The fourth-order valence-electron chi connectivity index (χ4n) is 0.437. The quantitative estimate of drug-likeness (QED) is 0.409. The number of hydrogen-bond acceptors (Lipinski definition) is 4. The van der Waals surface area contributed by atoms with Gasteiger partial charge in [-0.1, -0.05) is 0 Å². The number of nitrogens with one attached hydrogen (secondary N) is 1. The molecule has 0 spiro atoms. The first-order chi connectivity index (χ1) is 5.20. The van der Waals surface area contributed by atoms with Gasteiger partial charge in [0.2, 0.25) is 0 Å². The number of halogens is 1. The van der Waals surface area contributed by atoms with E-state index in [0.717, 1.165) is 6.20 Å². The molecular weight excluding hydrogens is 188 g/mol. The third kappa shape index (κ3) is 6.00. The minimum atomic E-state index is -0.493. The number of alkyl halides is 1. The molecule has 0 amide bonds. The lowest BCUT2D eigenvalue weighted by Crippen LogP contribution is -2.14. The first-order valence-corrected chi connectivity index (χ1v) is 4.65. The summed E-state index contributed by atoms with van der Waals surface area (Å²) in [6, 6.07) is 0. The standard InChI is InChI=1S/C5H9ClN2O2S/c1-11-5(4-8(9)10)7-3-2-6/h4,7H,2-3H2,1H3.